The second-order valence-corrected chi connectivity index (χ2v) is 5.99. The molecule has 110 valence electrons. The van der Waals surface area contributed by atoms with Crippen molar-refractivity contribution in [3.8, 4) is 11.5 Å². The monoisotopic (exact) mass is 322 g/mol. The summed E-state index contributed by atoms with van der Waals surface area (Å²) in [5.74, 6) is 1.52. The third kappa shape index (κ3) is 3.12. The highest BCUT2D eigenvalue weighted by Gasteiger charge is 2.18. The van der Waals surface area contributed by atoms with Gasteiger partial charge in [0.1, 0.15) is 0 Å². The second-order valence-electron chi connectivity index (χ2n) is 5.14. The topological polar surface area (TPSA) is 18.5 Å². The van der Waals surface area contributed by atoms with Crippen molar-refractivity contribution in [1.29, 1.82) is 0 Å². The molecule has 0 bridgehead atoms. The molecular weight excluding hydrogens is 307 g/mol. The van der Waals surface area contributed by atoms with Gasteiger partial charge in [0.05, 0.1) is 18.6 Å². The van der Waals surface area contributed by atoms with Gasteiger partial charge >= 0.3 is 0 Å². The van der Waals surface area contributed by atoms with Crippen LogP contribution in [0.15, 0.2) is 36.4 Å². The van der Waals surface area contributed by atoms with Gasteiger partial charge in [-0.1, -0.05) is 29.8 Å². The van der Waals surface area contributed by atoms with Crippen molar-refractivity contribution in [2.45, 2.75) is 18.7 Å². The number of benzene rings is 2. The minimum atomic E-state index is -0.310. The molecule has 2 aromatic rings. The molecule has 1 aliphatic heterocycles. The molecular formula is C17H16Cl2O2. The van der Waals surface area contributed by atoms with E-state index in [0.717, 1.165) is 34.6 Å². The summed E-state index contributed by atoms with van der Waals surface area (Å²) in [6.07, 6.45) is 0.887. The largest absolute Gasteiger partial charge is 0.490 e. The van der Waals surface area contributed by atoms with Crippen LogP contribution in [0.5, 0.6) is 11.5 Å². The quantitative estimate of drug-likeness (QED) is 0.713. The van der Waals surface area contributed by atoms with Gasteiger partial charge in [0.2, 0.25) is 0 Å². The summed E-state index contributed by atoms with van der Waals surface area (Å²) in [6.45, 7) is 3.35. The number of aryl methyl sites for hydroxylation is 1. The van der Waals surface area contributed by atoms with Crippen LogP contribution in [0.4, 0.5) is 0 Å². The first-order chi connectivity index (χ1) is 10.1. The summed E-state index contributed by atoms with van der Waals surface area (Å²) in [4.78, 5) is 0. The Kier molecular flexibility index (Phi) is 4.27. The van der Waals surface area contributed by atoms with Crippen LogP contribution in [0.3, 0.4) is 0 Å². The van der Waals surface area contributed by atoms with Crippen molar-refractivity contribution in [2.24, 2.45) is 0 Å². The van der Waals surface area contributed by atoms with E-state index in [1.54, 1.807) is 0 Å². The average molecular weight is 323 g/mol. The van der Waals surface area contributed by atoms with E-state index in [4.69, 9.17) is 32.7 Å². The molecule has 1 heterocycles. The van der Waals surface area contributed by atoms with Gasteiger partial charge in [-0.3, -0.25) is 0 Å². The first-order valence-corrected chi connectivity index (χ1v) is 7.76. The Balaban J connectivity index is 1.94. The van der Waals surface area contributed by atoms with Crippen LogP contribution in [-0.4, -0.2) is 13.2 Å². The maximum absolute atomic E-state index is 6.59. The van der Waals surface area contributed by atoms with Crippen LogP contribution in [-0.2, 0) is 0 Å². The molecule has 2 aromatic carbocycles. The van der Waals surface area contributed by atoms with Gasteiger partial charge in [0, 0.05) is 11.4 Å². The first-order valence-electron chi connectivity index (χ1n) is 6.95. The van der Waals surface area contributed by atoms with E-state index in [1.807, 2.05) is 43.3 Å². The summed E-state index contributed by atoms with van der Waals surface area (Å²) >= 11 is 12.9. The molecule has 0 amide bonds. The summed E-state index contributed by atoms with van der Waals surface area (Å²) in [5.41, 5.74) is 2.97. The zero-order valence-electron chi connectivity index (χ0n) is 11.7. The molecule has 0 radical (unpaired) electrons. The van der Waals surface area contributed by atoms with Gasteiger partial charge in [0.15, 0.2) is 11.5 Å². The Hall–Kier alpha value is -1.38. The predicted molar refractivity (Wildman–Crippen MR) is 85.9 cm³/mol. The number of rotatable bonds is 2. The molecule has 0 fully saturated rings. The molecule has 21 heavy (non-hydrogen) atoms. The van der Waals surface area contributed by atoms with Gasteiger partial charge in [0.25, 0.3) is 0 Å². The minimum Gasteiger partial charge on any atom is -0.490 e. The Morgan fingerprint density at radius 1 is 1.00 bits per heavy atom. The third-order valence-electron chi connectivity index (χ3n) is 3.49. The van der Waals surface area contributed by atoms with Crippen LogP contribution in [0.25, 0.3) is 0 Å². The maximum Gasteiger partial charge on any atom is 0.161 e. The number of halogens is 2. The average Bonchev–Trinajstić information content (AvgIpc) is 2.71. The first kappa shape index (κ1) is 14.6. The fraction of sp³-hybridized carbons (Fsp3) is 0.294. The van der Waals surface area contributed by atoms with Gasteiger partial charge in [-0.05, 0) is 41.8 Å². The molecule has 0 saturated heterocycles. The molecule has 3 rings (SSSR count). The molecule has 0 spiro atoms. The zero-order chi connectivity index (χ0) is 14.8. The Bertz CT molecular complexity index is 655. The van der Waals surface area contributed by atoms with E-state index in [9.17, 15) is 0 Å². The fourth-order valence-corrected chi connectivity index (χ4v) is 3.08. The van der Waals surface area contributed by atoms with Gasteiger partial charge < -0.3 is 9.47 Å². The van der Waals surface area contributed by atoms with Crippen LogP contribution >= 0.6 is 23.2 Å². The molecule has 0 saturated carbocycles. The smallest absolute Gasteiger partial charge is 0.161 e. The molecule has 1 atom stereocenters. The number of fused-ring (bicyclic) bond motifs is 1. The van der Waals surface area contributed by atoms with E-state index < -0.39 is 0 Å². The minimum absolute atomic E-state index is 0.310. The zero-order valence-corrected chi connectivity index (χ0v) is 13.2. The Morgan fingerprint density at radius 3 is 2.52 bits per heavy atom. The van der Waals surface area contributed by atoms with Crippen molar-refractivity contribution in [3.05, 3.63) is 58.1 Å². The van der Waals surface area contributed by atoms with E-state index in [-0.39, 0.29) is 5.38 Å². The number of ether oxygens (including phenoxy) is 2. The Labute approximate surface area is 134 Å². The standard InChI is InChI=1S/C17H16Cl2O2/c1-11-3-5-13(14(18)9-11)17(19)12-4-6-15-16(10-12)21-8-2-7-20-15/h3-6,9-10,17H,2,7-8H2,1H3. The van der Waals surface area contributed by atoms with Gasteiger partial charge in [-0.2, -0.15) is 0 Å². The second kappa shape index (κ2) is 6.17. The highest BCUT2D eigenvalue weighted by Crippen LogP contribution is 2.38. The summed E-state index contributed by atoms with van der Waals surface area (Å²) in [5, 5.41) is 0.373. The van der Waals surface area contributed by atoms with Crippen molar-refractivity contribution in [2.75, 3.05) is 13.2 Å². The SMILES string of the molecule is Cc1ccc(C(Cl)c2ccc3c(c2)OCCCO3)c(Cl)c1. The van der Waals surface area contributed by atoms with Crippen molar-refractivity contribution in [1.82, 2.24) is 0 Å². The fourth-order valence-electron chi connectivity index (χ4n) is 2.35. The predicted octanol–water partition coefficient (Wildman–Crippen LogP) is 5.14. The van der Waals surface area contributed by atoms with Crippen LogP contribution in [0.1, 0.15) is 28.5 Å². The lowest BCUT2D eigenvalue weighted by Gasteiger charge is -2.15. The molecule has 1 aliphatic rings. The van der Waals surface area contributed by atoms with Crippen molar-refractivity contribution in [3.63, 3.8) is 0 Å². The molecule has 4 heteroatoms. The number of hydrogen-bond acceptors (Lipinski definition) is 2. The van der Waals surface area contributed by atoms with E-state index in [1.165, 1.54) is 0 Å². The van der Waals surface area contributed by atoms with Crippen LogP contribution < -0.4 is 9.47 Å². The number of alkyl halides is 1. The summed E-state index contributed by atoms with van der Waals surface area (Å²) in [7, 11) is 0. The van der Waals surface area contributed by atoms with E-state index >= 15 is 0 Å². The highest BCUT2D eigenvalue weighted by atomic mass is 35.5. The normalized spacial score (nSPS) is 15.4. The van der Waals surface area contributed by atoms with Gasteiger partial charge in [-0.15, -0.1) is 11.6 Å². The molecule has 1 unspecified atom stereocenters. The third-order valence-corrected chi connectivity index (χ3v) is 4.31. The molecule has 0 N–H and O–H groups in total. The lowest BCUT2D eigenvalue weighted by molar-refractivity contribution is 0.297. The van der Waals surface area contributed by atoms with Crippen LogP contribution in [0.2, 0.25) is 5.02 Å². The molecule has 2 nitrogen and oxygen atoms in total. The van der Waals surface area contributed by atoms with E-state index in [2.05, 4.69) is 0 Å². The van der Waals surface area contributed by atoms with Crippen molar-refractivity contribution < 1.29 is 9.47 Å². The highest BCUT2D eigenvalue weighted by molar-refractivity contribution is 6.33. The molecule has 0 aromatic heterocycles. The number of hydrogen-bond donors (Lipinski definition) is 0. The van der Waals surface area contributed by atoms with Crippen LogP contribution in [0, 0.1) is 6.92 Å². The maximum atomic E-state index is 6.59. The lowest BCUT2D eigenvalue weighted by atomic mass is 10.0. The van der Waals surface area contributed by atoms with E-state index in [0.29, 0.717) is 18.2 Å². The molecule has 0 aliphatic carbocycles. The lowest BCUT2D eigenvalue weighted by Crippen LogP contribution is -1.98. The summed E-state index contributed by atoms with van der Waals surface area (Å²) in [6, 6.07) is 11.7. The summed E-state index contributed by atoms with van der Waals surface area (Å²) < 4.78 is 11.3. The van der Waals surface area contributed by atoms with Crippen molar-refractivity contribution >= 4 is 23.2 Å². The van der Waals surface area contributed by atoms with Gasteiger partial charge in [-0.25, -0.2) is 0 Å². The Morgan fingerprint density at radius 2 is 1.76 bits per heavy atom.